The lowest BCUT2D eigenvalue weighted by Gasteiger charge is -2.35. The average molecular weight is 412 g/mol. The molecular formula is C21H24N4O5. The molecule has 1 saturated heterocycles. The number of pyridine rings is 1. The van der Waals surface area contributed by atoms with Crippen molar-refractivity contribution < 1.29 is 19.2 Å². The molecule has 30 heavy (non-hydrogen) atoms. The quantitative estimate of drug-likeness (QED) is 0.675. The van der Waals surface area contributed by atoms with Crippen LogP contribution in [0.1, 0.15) is 68.0 Å². The van der Waals surface area contributed by atoms with E-state index >= 15 is 0 Å². The number of hydrogen-bond donors (Lipinski definition) is 2. The third-order valence-corrected chi connectivity index (χ3v) is 6.57. The van der Waals surface area contributed by atoms with E-state index in [2.05, 4.69) is 24.0 Å². The fourth-order valence-corrected chi connectivity index (χ4v) is 4.99. The molecule has 1 aliphatic heterocycles. The van der Waals surface area contributed by atoms with Gasteiger partial charge in [-0.2, -0.15) is 0 Å². The second-order valence-electron chi connectivity index (χ2n) is 9.11. The van der Waals surface area contributed by atoms with Crippen molar-refractivity contribution >= 4 is 16.9 Å². The Bertz CT molecular complexity index is 1210. The van der Waals surface area contributed by atoms with Gasteiger partial charge in [-0.25, -0.2) is 9.59 Å². The zero-order valence-corrected chi connectivity index (χ0v) is 17.1. The van der Waals surface area contributed by atoms with Crippen LogP contribution in [0.2, 0.25) is 0 Å². The first kappa shape index (κ1) is 19.0. The summed E-state index contributed by atoms with van der Waals surface area (Å²) < 4.78 is 12.3. The van der Waals surface area contributed by atoms with Crippen molar-refractivity contribution in [3.05, 3.63) is 46.1 Å². The summed E-state index contributed by atoms with van der Waals surface area (Å²) in [6, 6.07) is 3.66. The molecule has 0 amide bonds. The Morgan fingerprint density at radius 1 is 1.33 bits per heavy atom. The predicted octanol–water partition coefficient (Wildman–Crippen LogP) is 2.87. The standard InChI is InChI=1S/C21H24N4O5/c1-11-8-21(11,18-23-19(28)30-24-18)25-15(17(26)27)7-13-6-14(22-10-16(13)25)12-4-5-29-20(2,3)9-12/h6-7,10-12H,4-5,8-9H2,1-3H3,(H,26,27)(H,23,24,28)/t11-,12-,21-/m0/s1. The van der Waals surface area contributed by atoms with E-state index < -0.39 is 17.3 Å². The number of carbonyl (C=O) groups is 1. The van der Waals surface area contributed by atoms with E-state index in [4.69, 9.17) is 14.2 Å². The van der Waals surface area contributed by atoms with E-state index in [0.29, 0.717) is 24.4 Å². The number of ether oxygens (including phenoxy) is 1. The number of carboxylic acid groups (broad SMARTS) is 1. The number of nitrogens with one attached hydrogen (secondary N) is 1. The Morgan fingerprint density at radius 2 is 2.10 bits per heavy atom. The van der Waals surface area contributed by atoms with Gasteiger partial charge in [0.15, 0.2) is 5.82 Å². The van der Waals surface area contributed by atoms with Gasteiger partial charge < -0.3 is 14.4 Å². The molecule has 0 bridgehead atoms. The van der Waals surface area contributed by atoms with Crippen LogP contribution in [0.4, 0.5) is 0 Å². The van der Waals surface area contributed by atoms with Crippen molar-refractivity contribution in [2.45, 2.75) is 57.1 Å². The molecule has 4 heterocycles. The summed E-state index contributed by atoms with van der Waals surface area (Å²) in [5, 5.41) is 14.6. The molecule has 5 rings (SSSR count). The smallest absolute Gasteiger partial charge is 0.438 e. The number of aromatic amines is 1. The van der Waals surface area contributed by atoms with Gasteiger partial charge >= 0.3 is 11.7 Å². The molecule has 1 saturated carbocycles. The number of rotatable bonds is 4. The molecule has 9 nitrogen and oxygen atoms in total. The number of aromatic carboxylic acids is 1. The fourth-order valence-electron chi connectivity index (χ4n) is 4.99. The summed E-state index contributed by atoms with van der Waals surface area (Å²) in [5.41, 5.74) is 0.830. The molecule has 1 aliphatic carbocycles. The van der Waals surface area contributed by atoms with Crippen LogP contribution in [-0.4, -0.2) is 43.0 Å². The molecule has 3 atom stereocenters. The molecule has 3 aromatic rings. The summed E-state index contributed by atoms with van der Waals surface area (Å²) in [6.45, 7) is 6.83. The molecule has 9 heteroatoms. The molecule has 3 aromatic heterocycles. The molecule has 0 aromatic carbocycles. The van der Waals surface area contributed by atoms with Crippen LogP contribution in [0.25, 0.3) is 10.9 Å². The maximum atomic E-state index is 12.1. The third kappa shape index (κ3) is 2.79. The lowest BCUT2D eigenvalue weighted by molar-refractivity contribution is -0.0597. The highest BCUT2D eigenvalue weighted by Crippen LogP contribution is 2.55. The van der Waals surface area contributed by atoms with Gasteiger partial charge in [-0.15, -0.1) is 0 Å². The zero-order valence-electron chi connectivity index (χ0n) is 17.1. The maximum absolute atomic E-state index is 12.1. The Morgan fingerprint density at radius 3 is 2.70 bits per heavy atom. The monoisotopic (exact) mass is 412 g/mol. The van der Waals surface area contributed by atoms with E-state index in [1.54, 1.807) is 16.8 Å². The largest absolute Gasteiger partial charge is 0.477 e. The number of nitrogens with zero attached hydrogens (tertiary/aromatic N) is 3. The lowest BCUT2D eigenvalue weighted by Crippen LogP contribution is -2.33. The Labute approximate surface area is 172 Å². The van der Waals surface area contributed by atoms with Crippen molar-refractivity contribution in [2.75, 3.05) is 6.61 Å². The number of carboxylic acids is 1. The topological polar surface area (TPSA) is 123 Å². The first-order valence-electron chi connectivity index (χ1n) is 10.2. The number of aromatic nitrogens is 4. The molecule has 2 fully saturated rings. The third-order valence-electron chi connectivity index (χ3n) is 6.57. The van der Waals surface area contributed by atoms with Gasteiger partial charge in [0, 0.05) is 23.6 Å². The van der Waals surface area contributed by atoms with Crippen molar-refractivity contribution in [1.82, 2.24) is 19.7 Å². The molecule has 158 valence electrons. The SMILES string of the molecule is C[C@H]1C[C@]1(c1noc(=O)[nH]1)n1c(C(=O)O)cc2cc([C@H]3CCOC(C)(C)C3)ncc21. The van der Waals surface area contributed by atoms with E-state index in [0.717, 1.165) is 23.9 Å². The van der Waals surface area contributed by atoms with Crippen molar-refractivity contribution in [3.63, 3.8) is 0 Å². The predicted molar refractivity (Wildman–Crippen MR) is 107 cm³/mol. The van der Waals surface area contributed by atoms with Gasteiger partial charge in [0.1, 0.15) is 11.2 Å². The van der Waals surface area contributed by atoms with Crippen molar-refractivity contribution in [3.8, 4) is 0 Å². The van der Waals surface area contributed by atoms with Crippen LogP contribution in [0.15, 0.2) is 27.6 Å². The van der Waals surface area contributed by atoms with Gasteiger partial charge in [-0.05, 0) is 51.2 Å². The number of fused-ring (bicyclic) bond motifs is 1. The lowest BCUT2D eigenvalue weighted by atomic mass is 9.86. The van der Waals surface area contributed by atoms with Gasteiger partial charge in [0.05, 0.1) is 17.3 Å². The summed E-state index contributed by atoms with van der Waals surface area (Å²) >= 11 is 0. The minimum Gasteiger partial charge on any atom is -0.477 e. The highest BCUT2D eigenvalue weighted by atomic mass is 16.5. The number of hydrogen-bond acceptors (Lipinski definition) is 6. The summed E-state index contributed by atoms with van der Waals surface area (Å²) in [6.07, 6.45) is 4.13. The molecule has 0 spiro atoms. The molecule has 0 unspecified atom stereocenters. The van der Waals surface area contributed by atoms with Crippen LogP contribution >= 0.6 is 0 Å². The van der Waals surface area contributed by atoms with Gasteiger partial charge in [-0.1, -0.05) is 12.1 Å². The maximum Gasteiger partial charge on any atom is 0.438 e. The minimum absolute atomic E-state index is 0.0860. The summed E-state index contributed by atoms with van der Waals surface area (Å²) in [5.74, 6) is -1.00. The fraction of sp³-hybridized carbons (Fsp3) is 0.524. The van der Waals surface area contributed by atoms with Crippen LogP contribution in [0, 0.1) is 5.92 Å². The molecule has 0 radical (unpaired) electrons. The minimum atomic E-state index is -1.04. The first-order valence-corrected chi connectivity index (χ1v) is 10.2. The van der Waals surface area contributed by atoms with E-state index in [9.17, 15) is 14.7 Å². The summed E-state index contributed by atoms with van der Waals surface area (Å²) in [7, 11) is 0. The number of H-pyrrole nitrogens is 1. The van der Waals surface area contributed by atoms with Gasteiger partial charge in [-0.3, -0.25) is 14.5 Å². The Hall–Kier alpha value is -2.94. The van der Waals surface area contributed by atoms with Gasteiger partial charge in [0.2, 0.25) is 0 Å². The second kappa shape index (κ2) is 6.28. The molecular weight excluding hydrogens is 388 g/mol. The van der Waals surface area contributed by atoms with Gasteiger partial charge in [0.25, 0.3) is 0 Å². The van der Waals surface area contributed by atoms with Crippen LogP contribution < -0.4 is 5.76 Å². The zero-order chi connectivity index (χ0) is 21.3. The normalized spacial score (nSPS) is 28.0. The van der Waals surface area contributed by atoms with Crippen LogP contribution in [0.3, 0.4) is 0 Å². The van der Waals surface area contributed by atoms with Crippen LogP contribution in [0.5, 0.6) is 0 Å². The van der Waals surface area contributed by atoms with E-state index in [1.807, 2.05) is 13.0 Å². The second-order valence-corrected chi connectivity index (χ2v) is 9.11. The summed E-state index contributed by atoms with van der Waals surface area (Å²) in [4.78, 5) is 31.0. The first-order chi connectivity index (χ1) is 14.2. The highest BCUT2D eigenvalue weighted by molar-refractivity contribution is 5.95. The van der Waals surface area contributed by atoms with Crippen molar-refractivity contribution in [1.29, 1.82) is 0 Å². The highest BCUT2D eigenvalue weighted by Gasteiger charge is 2.59. The van der Waals surface area contributed by atoms with E-state index in [-0.39, 0.29) is 23.1 Å². The Kier molecular flexibility index (Phi) is 3.99. The van der Waals surface area contributed by atoms with E-state index in [1.165, 1.54) is 0 Å². The Balaban J connectivity index is 1.65. The van der Waals surface area contributed by atoms with Crippen molar-refractivity contribution in [2.24, 2.45) is 5.92 Å². The molecule has 2 N–H and O–H groups in total. The average Bonchev–Trinajstić information content (AvgIpc) is 3.03. The van der Waals surface area contributed by atoms with Crippen LogP contribution in [-0.2, 0) is 10.3 Å². The molecule has 2 aliphatic rings.